The molecule has 0 amide bonds. The van der Waals surface area contributed by atoms with Crippen LogP contribution in [0.15, 0.2) is 6.33 Å². The van der Waals surface area contributed by atoms with E-state index in [0.29, 0.717) is 0 Å². The molecule has 5 heteroatoms. The lowest BCUT2D eigenvalue weighted by Gasteiger charge is -2.30. The van der Waals surface area contributed by atoms with Gasteiger partial charge in [0.05, 0.1) is 6.54 Å². The fraction of sp³-hybridized carbons (Fsp3) is 0.800. The van der Waals surface area contributed by atoms with Crippen LogP contribution in [0.1, 0.15) is 18.7 Å². The van der Waals surface area contributed by atoms with Gasteiger partial charge in [-0.2, -0.15) is 5.10 Å². The Kier molecular flexibility index (Phi) is 3.75. The van der Waals surface area contributed by atoms with Gasteiger partial charge in [0, 0.05) is 12.4 Å². The highest BCUT2D eigenvalue weighted by Gasteiger charge is 2.19. The highest BCUT2D eigenvalue weighted by molar-refractivity contribution is 9.09. The molecule has 0 unspecified atom stereocenters. The summed E-state index contributed by atoms with van der Waals surface area (Å²) in [6.45, 7) is 3.30. The molecule has 4 nitrogen and oxygen atoms in total. The summed E-state index contributed by atoms with van der Waals surface area (Å²) in [4.78, 5) is 6.71. The first-order chi connectivity index (χ1) is 7.29. The molecule has 2 rings (SSSR count). The minimum Gasteiger partial charge on any atom is -0.296 e. The van der Waals surface area contributed by atoms with E-state index in [4.69, 9.17) is 0 Å². The summed E-state index contributed by atoms with van der Waals surface area (Å²) in [7, 11) is 1.95. The lowest BCUT2D eigenvalue weighted by molar-refractivity contribution is 0.181. The van der Waals surface area contributed by atoms with Gasteiger partial charge >= 0.3 is 0 Å². The third kappa shape index (κ3) is 2.78. The molecule has 0 radical (unpaired) electrons. The summed E-state index contributed by atoms with van der Waals surface area (Å²) in [6.07, 6.45) is 4.22. The zero-order valence-electron chi connectivity index (χ0n) is 9.06. The second kappa shape index (κ2) is 5.07. The van der Waals surface area contributed by atoms with Gasteiger partial charge in [-0.15, -0.1) is 0 Å². The standard InChI is InChI=1S/C10H17BrN4/c1-14-10(12-8-13-14)7-15-4-2-9(6-11)3-5-15/h8-9H,2-7H2,1H3. The van der Waals surface area contributed by atoms with Crippen LogP contribution >= 0.6 is 15.9 Å². The Bertz CT molecular complexity index is 304. The molecule has 0 aliphatic carbocycles. The lowest BCUT2D eigenvalue weighted by Crippen LogP contribution is -2.34. The Hall–Kier alpha value is -0.420. The molecular weight excluding hydrogens is 256 g/mol. The first-order valence-corrected chi connectivity index (χ1v) is 6.53. The number of piperidine rings is 1. The Morgan fingerprint density at radius 3 is 2.73 bits per heavy atom. The quantitative estimate of drug-likeness (QED) is 0.781. The molecule has 84 valence electrons. The predicted molar refractivity (Wildman–Crippen MR) is 62.8 cm³/mol. The average molecular weight is 273 g/mol. The summed E-state index contributed by atoms with van der Waals surface area (Å²) >= 11 is 3.56. The number of hydrogen-bond donors (Lipinski definition) is 0. The van der Waals surface area contributed by atoms with Gasteiger partial charge in [-0.3, -0.25) is 9.58 Å². The molecule has 0 saturated carbocycles. The summed E-state index contributed by atoms with van der Waals surface area (Å²) in [5, 5.41) is 5.23. The third-order valence-electron chi connectivity index (χ3n) is 3.10. The summed E-state index contributed by atoms with van der Waals surface area (Å²) in [6, 6.07) is 0. The van der Waals surface area contributed by atoms with E-state index in [0.717, 1.165) is 23.6 Å². The minimum absolute atomic E-state index is 0.862. The van der Waals surface area contributed by atoms with E-state index >= 15 is 0 Å². The van der Waals surface area contributed by atoms with Crippen LogP contribution in [0.5, 0.6) is 0 Å². The van der Waals surface area contributed by atoms with Gasteiger partial charge in [0.15, 0.2) is 0 Å². The molecule has 1 fully saturated rings. The van der Waals surface area contributed by atoms with E-state index in [1.54, 1.807) is 6.33 Å². The lowest BCUT2D eigenvalue weighted by atomic mass is 9.99. The fourth-order valence-electron chi connectivity index (χ4n) is 1.96. The van der Waals surface area contributed by atoms with Crippen molar-refractivity contribution in [2.45, 2.75) is 19.4 Å². The van der Waals surface area contributed by atoms with Gasteiger partial charge in [0.25, 0.3) is 0 Å². The van der Waals surface area contributed by atoms with Gasteiger partial charge in [0.1, 0.15) is 12.2 Å². The maximum absolute atomic E-state index is 4.25. The van der Waals surface area contributed by atoms with Gasteiger partial charge in [0.2, 0.25) is 0 Å². The monoisotopic (exact) mass is 272 g/mol. The largest absolute Gasteiger partial charge is 0.296 e. The number of aryl methyl sites for hydroxylation is 1. The highest BCUT2D eigenvalue weighted by Crippen LogP contribution is 2.19. The van der Waals surface area contributed by atoms with Gasteiger partial charge < -0.3 is 0 Å². The van der Waals surface area contributed by atoms with Crippen molar-refractivity contribution in [1.29, 1.82) is 0 Å². The van der Waals surface area contributed by atoms with Gasteiger partial charge in [-0.05, 0) is 31.8 Å². The maximum atomic E-state index is 4.25. The summed E-state index contributed by atoms with van der Waals surface area (Å²) < 4.78 is 1.86. The molecular formula is C10H17BrN4. The molecule has 1 aromatic rings. The zero-order chi connectivity index (χ0) is 10.7. The van der Waals surface area contributed by atoms with Crippen LogP contribution in [0.2, 0.25) is 0 Å². The van der Waals surface area contributed by atoms with E-state index in [-0.39, 0.29) is 0 Å². The second-order valence-corrected chi connectivity index (χ2v) is 4.82. The van der Waals surface area contributed by atoms with Crippen LogP contribution in [0.4, 0.5) is 0 Å². The number of likely N-dealkylation sites (tertiary alicyclic amines) is 1. The molecule has 15 heavy (non-hydrogen) atoms. The maximum Gasteiger partial charge on any atom is 0.140 e. The average Bonchev–Trinajstić information content (AvgIpc) is 2.66. The third-order valence-corrected chi connectivity index (χ3v) is 4.01. The molecule has 0 atom stereocenters. The fourth-order valence-corrected chi connectivity index (χ4v) is 2.61. The number of halogens is 1. The number of aromatic nitrogens is 3. The van der Waals surface area contributed by atoms with Crippen LogP contribution in [-0.4, -0.2) is 38.1 Å². The van der Waals surface area contributed by atoms with Crippen LogP contribution < -0.4 is 0 Å². The van der Waals surface area contributed by atoms with Crippen LogP contribution in [0, 0.1) is 5.92 Å². The van der Waals surface area contributed by atoms with Crippen molar-refractivity contribution < 1.29 is 0 Å². The Labute approximate surface area is 98.8 Å². The normalized spacial score (nSPS) is 19.6. The van der Waals surface area contributed by atoms with Crippen molar-refractivity contribution >= 4 is 15.9 Å². The van der Waals surface area contributed by atoms with Crippen molar-refractivity contribution in [1.82, 2.24) is 19.7 Å². The van der Waals surface area contributed by atoms with Crippen molar-refractivity contribution in [3.8, 4) is 0 Å². The zero-order valence-corrected chi connectivity index (χ0v) is 10.7. The first-order valence-electron chi connectivity index (χ1n) is 5.41. The SMILES string of the molecule is Cn1ncnc1CN1CCC(CBr)CC1. The van der Waals surface area contributed by atoms with Crippen molar-refractivity contribution in [3.05, 3.63) is 12.2 Å². The highest BCUT2D eigenvalue weighted by atomic mass is 79.9. The smallest absolute Gasteiger partial charge is 0.140 e. The number of nitrogens with zero attached hydrogens (tertiary/aromatic N) is 4. The van der Waals surface area contributed by atoms with E-state index in [2.05, 4.69) is 30.9 Å². The molecule has 0 N–H and O–H groups in total. The number of hydrogen-bond acceptors (Lipinski definition) is 3. The van der Waals surface area contributed by atoms with Gasteiger partial charge in [-0.25, -0.2) is 4.98 Å². The molecule has 0 aromatic carbocycles. The minimum atomic E-state index is 0.862. The topological polar surface area (TPSA) is 34.0 Å². The van der Waals surface area contributed by atoms with E-state index in [1.165, 1.54) is 25.9 Å². The molecule has 0 spiro atoms. The Morgan fingerprint density at radius 1 is 1.47 bits per heavy atom. The van der Waals surface area contributed by atoms with E-state index in [9.17, 15) is 0 Å². The number of alkyl halides is 1. The van der Waals surface area contributed by atoms with Crippen LogP contribution in [-0.2, 0) is 13.6 Å². The Balaban J connectivity index is 1.85. The van der Waals surface area contributed by atoms with Crippen LogP contribution in [0.25, 0.3) is 0 Å². The van der Waals surface area contributed by atoms with Crippen molar-refractivity contribution in [3.63, 3.8) is 0 Å². The number of rotatable bonds is 3. The first kappa shape index (κ1) is 11.1. The molecule has 1 aromatic heterocycles. The second-order valence-electron chi connectivity index (χ2n) is 4.17. The molecule has 1 aliphatic heterocycles. The van der Waals surface area contributed by atoms with Crippen molar-refractivity contribution in [2.75, 3.05) is 18.4 Å². The summed E-state index contributed by atoms with van der Waals surface area (Å²) in [5.41, 5.74) is 0. The predicted octanol–water partition coefficient (Wildman–Crippen LogP) is 1.42. The molecule has 1 aliphatic rings. The summed E-state index contributed by atoms with van der Waals surface area (Å²) in [5.74, 6) is 1.92. The Morgan fingerprint density at radius 2 is 2.20 bits per heavy atom. The molecule has 2 heterocycles. The van der Waals surface area contributed by atoms with Gasteiger partial charge in [-0.1, -0.05) is 15.9 Å². The van der Waals surface area contributed by atoms with Crippen LogP contribution in [0.3, 0.4) is 0 Å². The van der Waals surface area contributed by atoms with E-state index < -0.39 is 0 Å². The molecule has 1 saturated heterocycles. The molecule has 0 bridgehead atoms. The van der Waals surface area contributed by atoms with Crippen molar-refractivity contribution in [2.24, 2.45) is 13.0 Å². The van der Waals surface area contributed by atoms with E-state index in [1.807, 2.05) is 11.7 Å².